The van der Waals surface area contributed by atoms with E-state index in [0.29, 0.717) is 0 Å². The summed E-state index contributed by atoms with van der Waals surface area (Å²) in [6.45, 7) is 3.33. The number of hydrogen-bond acceptors (Lipinski definition) is 5. The summed E-state index contributed by atoms with van der Waals surface area (Å²) in [5.41, 5.74) is -1.49. The van der Waals surface area contributed by atoms with Gasteiger partial charge in [-0.25, -0.2) is 0 Å². The number of carbonyl (C=O) groups excluding carboxylic acids is 1. The van der Waals surface area contributed by atoms with E-state index >= 15 is 0 Å². The Morgan fingerprint density at radius 1 is 1.65 bits per heavy atom. The number of aromatic nitrogens is 1. The van der Waals surface area contributed by atoms with E-state index in [1.54, 1.807) is 13.0 Å². The SMILES string of the molecule is CC[C@H](C)NC(=O)Cn1cc([N+](=O)[O-])cc(C#N)c1=O. The molecule has 0 unspecified atom stereocenters. The number of hydrogen-bond donors (Lipinski definition) is 1. The van der Waals surface area contributed by atoms with Crippen molar-refractivity contribution in [3.05, 3.63) is 38.3 Å². The second-order valence-corrected chi connectivity index (χ2v) is 4.29. The second-order valence-electron chi connectivity index (χ2n) is 4.29. The molecule has 1 amide bonds. The van der Waals surface area contributed by atoms with E-state index in [4.69, 9.17) is 5.26 Å². The third-order valence-corrected chi connectivity index (χ3v) is 2.74. The predicted octanol–water partition coefficient (Wildman–Crippen LogP) is 0.543. The van der Waals surface area contributed by atoms with Crippen molar-refractivity contribution in [2.75, 3.05) is 0 Å². The molecule has 1 rings (SSSR count). The minimum atomic E-state index is -0.725. The maximum Gasteiger partial charge on any atom is 0.287 e. The standard InChI is InChI=1S/C12H14N4O4/c1-3-8(2)14-11(17)7-15-6-10(16(19)20)4-9(5-13)12(15)18/h4,6,8H,3,7H2,1-2H3,(H,14,17)/t8-/m0/s1. The number of nitrogens with one attached hydrogen (secondary N) is 1. The van der Waals surface area contributed by atoms with Gasteiger partial charge in [-0.1, -0.05) is 6.92 Å². The molecule has 0 spiro atoms. The van der Waals surface area contributed by atoms with Crippen LogP contribution in [0.25, 0.3) is 0 Å². The number of rotatable bonds is 5. The number of carbonyl (C=O) groups is 1. The van der Waals surface area contributed by atoms with Crippen LogP contribution in [0.4, 0.5) is 5.69 Å². The Balaban J connectivity index is 3.09. The number of pyridine rings is 1. The molecule has 0 aromatic carbocycles. The first-order valence-corrected chi connectivity index (χ1v) is 5.97. The molecule has 0 aliphatic carbocycles. The molecule has 0 saturated heterocycles. The Hall–Kier alpha value is -2.69. The largest absolute Gasteiger partial charge is 0.352 e. The molecule has 1 aromatic rings. The number of nitro groups is 1. The van der Waals surface area contributed by atoms with Gasteiger partial charge in [-0.05, 0) is 13.3 Å². The van der Waals surface area contributed by atoms with Crippen molar-refractivity contribution in [2.45, 2.75) is 32.9 Å². The molecule has 1 aromatic heterocycles. The zero-order chi connectivity index (χ0) is 15.3. The maximum atomic E-state index is 11.8. The lowest BCUT2D eigenvalue weighted by Crippen LogP contribution is -2.37. The van der Waals surface area contributed by atoms with Crippen molar-refractivity contribution in [1.82, 2.24) is 9.88 Å². The fraction of sp³-hybridized carbons (Fsp3) is 0.417. The molecule has 1 heterocycles. The molecule has 0 aliphatic heterocycles. The van der Waals surface area contributed by atoms with Crippen molar-refractivity contribution in [3.8, 4) is 6.07 Å². The maximum absolute atomic E-state index is 11.8. The van der Waals surface area contributed by atoms with Gasteiger partial charge < -0.3 is 5.32 Å². The van der Waals surface area contributed by atoms with Crippen LogP contribution in [0.1, 0.15) is 25.8 Å². The van der Waals surface area contributed by atoms with Gasteiger partial charge in [0.05, 0.1) is 11.1 Å². The lowest BCUT2D eigenvalue weighted by molar-refractivity contribution is -0.385. The van der Waals surface area contributed by atoms with Gasteiger partial charge in [0.1, 0.15) is 18.2 Å². The van der Waals surface area contributed by atoms with Crippen molar-refractivity contribution >= 4 is 11.6 Å². The molecule has 1 atom stereocenters. The fourth-order valence-corrected chi connectivity index (χ4v) is 1.49. The van der Waals surface area contributed by atoms with Gasteiger partial charge in [0.2, 0.25) is 5.91 Å². The minimum absolute atomic E-state index is 0.0627. The molecule has 0 aliphatic rings. The topological polar surface area (TPSA) is 118 Å². The first kappa shape index (κ1) is 15.4. The zero-order valence-electron chi connectivity index (χ0n) is 11.1. The fourth-order valence-electron chi connectivity index (χ4n) is 1.49. The highest BCUT2D eigenvalue weighted by Gasteiger charge is 2.16. The Morgan fingerprint density at radius 3 is 2.80 bits per heavy atom. The summed E-state index contributed by atoms with van der Waals surface area (Å²) < 4.78 is 0.869. The normalized spacial score (nSPS) is 11.4. The third kappa shape index (κ3) is 3.65. The van der Waals surface area contributed by atoms with E-state index in [9.17, 15) is 19.7 Å². The van der Waals surface area contributed by atoms with Crippen molar-refractivity contribution in [3.63, 3.8) is 0 Å². The molecule has 8 nitrogen and oxygen atoms in total. The molecule has 0 radical (unpaired) electrons. The second kappa shape index (κ2) is 6.47. The van der Waals surface area contributed by atoms with Crippen LogP contribution in [0.15, 0.2) is 17.1 Å². The Bertz CT molecular complexity index is 629. The van der Waals surface area contributed by atoms with Crippen LogP contribution >= 0.6 is 0 Å². The van der Waals surface area contributed by atoms with E-state index in [0.717, 1.165) is 23.3 Å². The molecular weight excluding hydrogens is 264 g/mol. The van der Waals surface area contributed by atoms with Gasteiger partial charge in [-0.15, -0.1) is 0 Å². The summed E-state index contributed by atoms with van der Waals surface area (Å²) in [5.74, 6) is -0.439. The molecule has 8 heteroatoms. The Labute approximate surface area is 114 Å². The van der Waals surface area contributed by atoms with E-state index in [1.165, 1.54) is 0 Å². The van der Waals surface area contributed by atoms with Crippen LogP contribution in [0, 0.1) is 21.4 Å². The molecule has 0 bridgehead atoms. The molecule has 20 heavy (non-hydrogen) atoms. The van der Waals surface area contributed by atoms with Gasteiger partial charge in [-0.2, -0.15) is 5.26 Å². The molecule has 0 saturated carbocycles. The molecule has 0 fully saturated rings. The summed E-state index contributed by atoms with van der Waals surface area (Å²) >= 11 is 0. The minimum Gasteiger partial charge on any atom is -0.352 e. The highest BCUT2D eigenvalue weighted by molar-refractivity contribution is 5.76. The summed E-state index contributed by atoms with van der Waals surface area (Å²) in [5, 5.41) is 22.1. The van der Waals surface area contributed by atoms with Gasteiger partial charge in [-0.3, -0.25) is 24.3 Å². The lowest BCUT2D eigenvalue weighted by atomic mass is 10.2. The highest BCUT2D eigenvalue weighted by Crippen LogP contribution is 2.09. The van der Waals surface area contributed by atoms with Crippen LogP contribution in [-0.2, 0) is 11.3 Å². The predicted molar refractivity (Wildman–Crippen MR) is 70.0 cm³/mol. The van der Waals surface area contributed by atoms with Gasteiger partial charge in [0.15, 0.2) is 0 Å². The Morgan fingerprint density at radius 2 is 2.30 bits per heavy atom. The van der Waals surface area contributed by atoms with Crippen LogP contribution in [0.5, 0.6) is 0 Å². The van der Waals surface area contributed by atoms with Crippen LogP contribution in [0.3, 0.4) is 0 Å². The Kier molecular flexibility index (Phi) is 4.97. The van der Waals surface area contributed by atoms with E-state index in [2.05, 4.69) is 5.32 Å². The molecular formula is C12H14N4O4. The van der Waals surface area contributed by atoms with E-state index in [-0.39, 0.29) is 18.2 Å². The first-order valence-electron chi connectivity index (χ1n) is 5.97. The van der Waals surface area contributed by atoms with Gasteiger partial charge in [0, 0.05) is 12.1 Å². The summed E-state index contributed by atoms with van der Waals surface area (Å²) in [7, 11) is 0. The van der Waals surface area contributed by atoms with E-state index in [1.807, 2.05) is 6.92 Å². The molecule has 1 N–H and O–H groups in total. The third-order valence-electron chi connectivity index (χ3n) is 2.74. The molecule has 106 valence electrons. The van der Waals surface area contributed by atoms with Crippen molar-refractivity contribution in [2.24, 2.45) is 0 Å². The number of amides is 1. The van der Waals surface area contributed by atoms with Crippen LogP contribution < -0.4 is 10.9 Å². The monoisotopic (exact) mass is 278 g/mol. The summed E-state index contributed by atoms with van der Waals surface area (Å²) in [6.07, 6.45) is 1.68. The first-order chi connectivity index (χ1) is 9.38. The summed E-state index contributed by atoms with van der Waals surface area (Å²) in [4.78, 5) is 33.5. The van der Waals surface area contributed by atoms with Gasteiger partial charge in [0.25, 0.3) is 11.2 Å². The zero-order valence-corrected chi connectivity index (χ0v) is 11.1. The average molecular weight is 278 g/mol. The smallest absolute Gasteiger partial charge is 0.287 e. The van der Waals surface area contributed by atoms with E-state index < -0.39 is 22.1 Å². The van der Waals surface area contributed by atoms with Crippen molar-refractivity contribution < 1.29 is 9.72 Å². The van der Waals surface area contributed by atoms with Crippen molar-refractivity contribution in [1.29, 1.82) is 5.26 Å². The average Bonchev–Trinajstić information content (AvgIpc) is 2.40. The quantitative estimate of drug-likeness (QED) is 0.623. The number of nitrogens with zero attached hydrogens (tertiary/aromatic N) is 3. The lowest BCUT2D eigenvalue weighted by Gasteiger charge is -2.12. The number of nitriles is 1. The van der Waals surface area contributed by atoms with Crippen LogP contribution in [-0.4, -0.2) is 21.4 Å². The summed E-state index contributed by atoms with van der Waals surface area (Å²) in [6, 6.07) is 2.42. The highest BCUT2D eigenvalue weighted by atomic mass is 16.6. The van der Waals surface area contributed by atoms with Crippen LogP contribution in [0.2, 0.25) is 0 Å². The van der Waals surface area contributed by atoms with Gasteiger partial charge >= 0.3 is 0 Å².